The maximum absolute atomic E-state index is 13.4. The quantitative estimate of drug-likeness (QED) is 0.770. The van der Waals surface area contributed by atoms with Gasteiger partial charge >= 0.3 is 0 Å². The zero-order chi connectivity index (χ0) is 20.1. The number of hydrogen-bond acceptors (Lipinski definition) is 4. The molecule has 6 heteroatoms. The largest absolute Gasteiger partial charge is 0.350 e. The van der Waals surface area contributed by atoms with Crippen LogP contribution in [0.15, 0.2) is 40.9 Å². The molecule has 1 heterocycles. The fourth-order valence-corrected chi connectivity index (χ4v) is 4.68. The molecule has 0 spiro atoms. The zero-order valence-electron chi connectivity index (χ0n) is 16.8. The van der Waals surface area contributed by atoms with Crippen LogP contribution in [-0.4, -0.2) is 34.0 Å². The second kappa shape index (κ2) is 9.25. The van der Waals surface area contributed by atoms with E-state index in [0.29, 0.717) is 5.69 Å². The highest BCUT2D eigenvalue weighted by molar-refractivity contribution is 6.03. The summed E-state index contributed by atoms with van der Waals surface area (Å²) in [7, 11) is 0. The number of carbonyl (C=O) groups is 2. The van der Waals surface area contributed by atoms with Gasteiger partial charge in [-0.15, -0.1) is 0 Å². The molecule has 2 amide bonds. The predicted molar refractivity (Wildman–Crippen MR) is 111 cm³/mol. The van der Waals surface area contributed by atoms with E-state index < -0.39 is 5.91 Å². The minimum absolute atomic E-state index is 0.0597. The number of aromatic nitrogens is 1. The minimum Gasteiger partial charge on any atom is -0.350 e. The Morgan fingerprint density at radius 3 is 2.07 bits per heavy atom. The molecule has 2 aliphatic rings. The van der Waals surface area contributed by atoms with Crippen molar-refractivity contribution >= 4 is 17.5 Å². The first-order valence-corrected chi connectivity index (χ1v) is 10.9. The number of benzene rings is 1. The van der Waals surface area contributed by atoms with E-state index in [1.54, 1.807) is 12.1 Å². The van der Waals surface area contributed by atoms with Gasteiger partial charge in [-0.3, -0.25) is 9.59 Å². The third kappa shape index (κ3) is 4.69. The molecule has 0 unspecified atom stereocenters. The first-order chi connectivity index (χ1) is 14.2. The average molecular weight is 396 g/mol. The van der Waals surface area contributed by atoms with Crippen LogP contribution in [0.2, 0.25) is 0 Å². The molecule has 0 atom stereocenters. The highest BCUT2D eigenvalue weighted by atomic mass is 16.5. The molecule has 1 aromatic heterocycles. The average Bonchev–Trinajstić information content (AvgIpc) is 3.27. The van der Waals surface area contributed by atoms with E-state index in [2.05, 4.69) is 15.4 Å². The number of anilines is 1. The number of amides is 2. The van der Waals surface area contributed by atoms with Crippen molar-refractivity contribution in [3.8, 4) is 0 Å². The Morgan fingerprint density at radius 2 is 1.48 bits per heavy atom. The van der Waals surface area contributed by atoms with E-state index in [-0.39, 0.29) is 29.4 Å². The molecule has 0 aliphatic heterocycles. The lowest BCUT2D eigenvalue weighted by atomic mass is 9.88. The summed E-state index contributed by atoms with van der Waals surface area (Å²) >= 11 is 0. The van der Waals surface area contributed by atoms with Crippen LogP contribution in [-0.2, 0) is 0 Å². The summed E-state index contributed by atoms with van der Waals surface area (Å²) in [6.45, 7) is 0. The molecule has 1 aromatic carbocycles. The second-order valence-electron chi connectivity index (χ2n) is 8.19. The van der Waals surface area contributed by atoms with E-state index in [9.17, 15) is 9.59 Å². The zero-order valence-corrected chi connectivity index (χ0v) is 16.8. The lowest BCUT2D eigenvalue weighted by molar-refractivity contribution is 0.0438. The van der Waals surface area contributed by atoms with Crippen LogP contribution in [0.1, 0.15) is 85.3 Å². The van der Waals surface area contributed by atoms with Crippen LogP contribution in [0, 0.1) is 0 Å². The van der Waals surface area contributed by atoms with Crippen molar-refractivity contribution in [3.63, 3.8) is 0 Å². The van der Waals surface area contributed by atoms with E-state index in [1.165, 1.54) is 44.6 Å². The van der Waals surface area contributed by atoms with Crippen LogP contribution in [0.4, 0.5) is 5.69 Å². The molecule has 154 valence electrons. The predicted octanol–water partition coefficient (Wildman–Crippen LogP) is 5.03. The van der Waals surface area contributed by atoms with Gasteiger partial charge in [0, 0.05) is 23.8 Å². The molecule has 0 saturated heterocycles. The van der Waals surface area contributed by atoms with Gasteiger partial charge in [-0.25, -0.2) is 0 Å². The van der Waals surface area contributed by atoms with Crippen LogP contribution in [0.25, 0.3) is 0 Å². The number of nitrogens with zero attached hydrogens (tertiary/aromatic N) is 2. The Morgan fingerprint density at radius 1 is 0.897 bits per heavy atom. The monoisotopic (exact) mass is 395 g/mol. The maximum atomic E-state index is 13.4. The molecule has 6 nitrogen and oxygen atoms in total. The number of rotatable bonds is 5. The van der Waals surface area contributed by atoms with Crippen molar-refractivity contribution in [2.24, 2.45) is 0 Å². The Balaban J connectivity index is 1.50. The van der Waals surface area contributed by atoms with Crippen molar-refractivity contribution in [1.29, 1.82) is 0 Å². The Hall–Kier alpha value is -2.63. The summed E-state index contributed by atoms with van der Waals surface area (Å²) in [5.41, 5.74) is 0.909. The number of para-hydroxylation sites is 1. The van der Waals surface area contributed by atoms with Crippen molar-refractivity contribution in [2.45, 2.75) is 76.3 Å². The smallest absolute Gasteiger partial charge is 0.294 e. The van der Waals surface area contributed by atoms with Crippen molar-refractivity contribution < 1.29 is 14.1 Å². The van der Waals surface area contributed by atoms with Crippen molar-refractivity contribution in [1.82, 2.24) is 10.1 Å². The summed E-state index contributed by atoms with van der Waals surface area (Å²) in [6, 6.07) is 11.2. The van der Waals surface area contributed by atoms with Crippen LogP contribution in [0.5, 0.6) is 0 Å². The van der Waals surface area contributed by atoms with Gasteiger partial charge in [0.1, 0.15) is 0 Å². The number of nitrogens with one attached hydrogen (secondary N) is 1. The normalized spacial score (nSPS) is 18.3. The molecule has 29 heavy (non-hydrogen) atoms. The van der Waals surface area contributed by atoms with Crippen molar-refractivity contribution in [2.75, 3.05) is 5.32 Å². The van der Waals surface area contributed by atoms with E-state index >= 15 is 0 Å². The van der Waals surface area contributed by atoms with E-state index in [0.717, 1.165) is 25.7 Å². The minimum atomic E-state index is -0.398. The number of carbonyl (C=O) groups excluding carboxylic acids is 2. The van der Waals surface area contributed by atoms with Gasteiger partial charge in [-0.2, -0.15) is 0 Å². The van der Waals surface area contributed by atoms with Gasteiger partial charge < -0.3 is 14.7 Å². The summed E-state index contributed by atoms with van der Waals surface area (Å²) in [5.74, 6) is -0.430. The molecular formula is C23H29N3O3. The summed E-state index contributed by atoms with van der Waals surface area (Å²) in [5, 5.41) is 6.73. The lowest BCUT2D eigenvalue weighted by Gasteiger charge is -2.41. The second-order valence-corrected chi connectivity index (χ2v) is 8.19. The van der Waals surface area contributed by atoms with Crippen molar-refractivity contribution in [3.05, 3.63) is 47.9 Å². The van der Waals surface area contributed by atoms with Crippen LogP contribution < -0.4 is 5.32 Å². The first-order valence-electron chi connectivity index (χ1n) is 10.9. The first kappa shape index (κ1) is 19.7. The molecule has 2 fully saturated rings. The van der Waals surface area contributed by atoms with Crippen LogP contribution in [0.3, 0.4) is 0 Å². The lowest BCUT2D eigenvalue weighted by Crippen LogP contribution is -2.48. The summed E-state index contributed by atoms with van der Waals surface area (Å²) < 4.78 is 5.24. The number of hydrogen-bond donors (Lipinski definition) is 1. The molecule has 0 bridgehead atoms. The third-order valence-corrected chi connectivity index (χ3v) is 6.16. The molecule has 1 N–H and O–H groups in total. The van der Waals surface area contributed by atoms with Crippen LogP contribution >= 0.6 is 0 Å². The molecule has 0 radical (unpaired) electrons. The topological polar surface area (TPSA) is 75.4 Å². The fourth-order valence-electron chi connectivity index (χ4n) is 4.68. The maximum Gasteiger partial charge on any atom is 0.294 e. The van der Waals surface area contributed by atoms with Gasteiger partial charge in [0.2, 0.25) is 5.76 Å². The molecule has 2 aromatic rings. The molecule has 4 rings (SSSR count). The fraction of sp³-hybridized carbons (Fsp3) is 0.522. The van der Waals surface area contributed by atoms with E-state index in [1.807, 2.05) is 18.2 Å². The summed E-state index contributed by atoms with van der Waals surface area (Å²) in [6.07, 6.45) is 11.4. The Bertz CT molecular complexity index is 803. The standard InChI is InChI=1S/C23H29N3O3/c27-22(24-17-10-4-1-5-11-17)21-16-20(25-29-21)23(28)26(18-12-6-2-7-13-18)19-14-8-3-9-15-19/h1,4-5,10-11,16,18-19H,2-3,6-9,12-15H2,(H,24,27). The van der Waals surface area contributed by atoms with Gasteiger partial charge in [-0.1, -0.05) is 61.9 Å². The Kier molecular flexibility index (Phi) is 6.27. The Labute approximate surface area is 171 Å². The summed E-state index contributed by atoms with van der Waals surface area (Å²) in [4.78, 5) is 27.9. The van der Waals surface area contributed by atoms with Gasteiger partial charge in [0.05, 0.1) is 0 Å². The molecule has 2 saturated carbocycles. The van der Waals surface area contributed by atoms with E-state index in [4.69, 9.17) is 4.52 Å². The molecular weight excluding hydrogens is 366 g/mol. The van der Waals surface area contributed by atoms with Gasteiger partial charge in [-0.05, 0) is 37.8 Å². The highest BCUT2D eigenvalue weighted by Crippen LogP contribution is 2.31. The SMILES string of the molecule is O=C(Nc1ccccc1)c1cc(C(=O)N(C2CCCCC2)C2CCCCC2)no1. The third-order valence-electron chi connectivity index (χ3n) is 6.16. The van der Waals surface area contributed by atoms with Gasteiger partial charge in [0.25, 0.3) is 11.8 Å². The highest BCUT2D eigenvalue weighted by Gasteiger charge is 2.34. The van der Waals surface area contributed by atoms with Gasteiger partial charge in [0.15, 0.2) is 5.69 Å². The molecule has 2 aliphatic carbocycles.